The third kappa shape index (κ3) is 10.1. The van der Waals surface area contributed by atoms with E-state index in [9.17, 15) is 5.11 Å². The quantitative estimate of drug-likeness (QED) is 0.277. The van der Waals surface area contributed by atoms with Crippen molar-refractivity contribution in [1.82, 2.24) is 0 Å². The van der Waals surface area contributed by atoms with Gasteiger partial charge in [-0.25, -0.2) is 0 Å². The fraction of sp³-hybridized carbons (Fsp3) is 0.895. The average Bonchev–Trinajstić information content (AvgIpc) is 2.42. The lowest BCUT2D eigenvalue weighted by Crippen LogP contribution is -2.32. The van der Waals surface area contributed by atoms with E-state index in [1.54, 1.807) is 0 Å². The first-order valence-corrected chi connectivity index (χ1v) is 9.02. The standard InChI is InChI=1S/C19H39NO/c1-6-7-8-9-13-16(4)17(5)18(19(20)21)14-11-10-12-15(2)3/h15-16,18-19,21H,5-14,20H2,1-4H3. The lowest BCUT2D eigenvalue weighted by Gasteiger charge is -2.26. The highest BCUT2D eigenvalue weighted by molar-refractivity contribution is 5.06. The molecule has 0 aromatic heterocycles. The van der Waals surface area contributed by atoms with Crippen molar-refractivity contribution in [3.05, 3.63) is 12.2 Å². The molecule has 0 spiro atoms. The van der Waals surface area contributed by atoms with Crippen LogP contribution in [0.1, 0.15) is 85.5 Å². The number of aliphatic hydroxyl groups excluding tert-OH is 1. The molecule has 2 heteroatoms. The van der Waals surface area contributed by atoms with E-state index in [2.05, 4.69) is 34.3 Å². The Kier molecular flexibility index (Phi) is 12.0. The fourth-order valence-electron chi connectivity index (χ4n) is 2.92. The largest absolute Gasteiger partial charge is 0.378 e. The fourth-order valence-corrected chi connectivity index (χ4v) is 2.92. The second-order valence-electron chi connectivity index (χ2n) is 7.10. The smallest absolute Gasteiger partial charge is 0.109 e. The monoisotopic (exact) mass is 297 g/mol. The molecule has 2 nitrogen and oxygen atoms in total. The van der Waals surface area contributed by atoms with Gasteiger partial charge < -0.3 is 10.8 Å². The molecule has 0 heterocycles. The van der Waals surface area contributed by atoms with Gasteiger partial charge in [0.05, 0.1) is 0 Å². The maximum absolute atomic E-state index is 9.87. The second kappa shape index (κ2) is 12.2. The minimum absolute atomic E-state index is 0.0679. The molecular weight excluding hydrogens is 258 g/mol. The molecule has 0 rings (SSSR count). The predicted octanol–water partition coefficient (Wildman–Crippen LogP) is 5.26. The molecule has 0 aliphatic heterocycles. The van der Waals surface area contributed by atoms with Crippen LogP contribution < -0.4 is 5.73 Å². The van der Waals surface area contributed by atoms with Crippen molar-refractivity contribution in [2.45, 2.75) is 91.7 Å². The molecule has 0 aromatic rings. The molecule has 21 heavy (non-hydrogen) atoms. The predicted molar refractivity (Wildman–Crippen MR) is 94.1 cm³/mol. The van der Waals surface area contributed by atoms with Crippen LogP contribution in [0.2, 0.25) is 0 Å². The normalized spacial score (nSPS) is 16.0. The van der Waals surface area contributed by atoms with E-state index in [0.717, 1.165) is 24.3 Å². The molecule has 3 unspecified atom stereocenters. The minimum Gasteiger partial charge on any atom is -0.378 e. The first-order chi connectivity index (χ1) is 9.90. The topological polar surface area (TPSA) is 46.2 Å². The lowest BCUT2D eigenvalue weighted by molar-refractivity contribution is 0.119. The van der Waals surface area contributed by atoms with Gasteiger partial charge in [-0.15, -0.1) is 0 Å². The van der Waals surface area contributed by atoms with E-state index in [4.69, 9.17) is 5.73 Å². The van der Waals surface area contributed by atoms with Crippen molar-refractivity contribution in [2.24, 2.45) is 23.5 Å². The first kappa shape index (κ1) is 20.7. The maximum Gasteiger partial charge on any atom is 0.109 e. The Bertz CT molecular complexity index is 260. The van der Waals surface area contributed by atoms with E-state index in [-0.39, 0.29) is 5.92 Å². The van der Waals surface area contributed by atoms with Crippen molar-refractivity contribution < 1.29 is 5.11 Å². The summed E-state index contributed by atoms with van der Waals surface area (Å²) in [5.74, 6) is 1.29. The Morgan fingerprint density at radius 3 is 2.05 bits per heavy atom. The number of aliphatic hydroxyl groups is 1. The molecule has 0 fully saturated rings. The summed E-state index contributed by atoms with van der Waals surface area (Å²) in [4.78, 5) is 0. The summed E-state index contributed by atoms with van der Waals surface area (Å²) in [6, 6.07) is 0. The Labute approximate surface area is 133 Å². The van der Waals surface area contributed by atoms with Gasteiger partial charge in [-0.05, 0) is 24.7 Å². The van der Waals surface area contributed by atoms with E-state index in [1.165, 1.54) is 44.9 Å². The van der Waals surface area contributed by atoms with Gasteiger partial charge in [-0.1, -0.05) is 84.8 Å². The summed E-state index contributed by atoms with van der Waals surface area (Å²) in [6.45, 7) is 13.2. The Morgan fingerprint density at radius 2 is 1.52 bits per heavy atom. The molecule has 3 atom stereocenters. The highest BCUT2D eigenvalue weighted by atomic mass is 16.3. The number of unbranched alkanes of at least 4 members (excludes halogenated alkanes) is 4. The van der Waals surface area contributed by atoms with Gasteiger partial charge in [0.2, 0.25) is 0 Å². The summed E-state index contributed by atoms with van der Waals surface area (Å²) in [5, 5.41) is 9.87. The molecule has 0 aliphatic rings. The van der Waals surface area contributed by atoms with Crippen LogP contribution in [0.3, 0.4) is 0 Å². The highest BCUT2D eigenvalue weighted by Crippen LogP contribution is 2.29. The lowest BCUT2D eigenvalue weighted by atomic mass is 9.83. The second-order valence-corrected chi connectivity index (χ2v) is 7.10. The van der Waals surface area contributed by atoms with Crippen LogP contribution in [0, 0.1) is 17.8 Å². The van der Waals surface area contributed by atoms with Gasteiger partial charge >= 0.3 is 0 Å². The number of rotatable bonds is 13. The zero-order valence-electron chi connectivity index (χ0n) is 14.9. The van der Waals surface area contributed by atoms with Gasteiger partial charge in [-0.3, -0.25) is 0 Å². The van der Waals surface area contributed by atoms with Gasteiger partial charge in [0.15, 0.2) is 0 Å². The molecule has 0 bridgehead atoms. The number of hydrogen-bond acceptors (Lipinski definition) is 2. The van der Waals surface area contributed by atoms with Crippen LogP contribution in [-0.4, -0.2) is 11.3 Å². The minimum atomic E-state index is -0.755. The molecule has 0 aromatic carbocycles. The Hall–Kier alpha value is -0.340. The molecule has 3 N–H and O–H groups in total. The van der Waals surface area contributed by atoms with Crippen LogP contribution in [-0.2, 0) is 0 Å². The van der Waals surface area contributed by atoms with Gasteiger partial charge in [0.25, 0.3) is 0 Å². The first-order valence-electron chi connectivity index (χ1n) is 9.02. The van der Waals surface area contributed by atoms with Crippen molar-refractivity contribution >= 4 is 0 Å². The number of nitrogens with two attached hydrogens (primary N) is 1. The SMILES string of the molecule is C=C(C(C)CCCCCC)C(CCCCC(C)C)C(N)O. The average molecular weight is 298 g/mol. The van der Waals surface area contributed by atoms with Gasteiger partial charge in [0.1, 0.15) is 6.23 Å². The van der Waals surface area contributed by atoms with E-state index in [1.807, 2.05) is 0 Å². The molecule has 0 saturated carbocycles. The molecular formula is C19H39NO. The van der Waals surface area contributed by atoms with Crippen molar-refractivity contribution in [1.29, 1.82) is 0 Å². The van der Waals surface area contributed by atoms with Crippen LogP contribution in [0.5, 0.6) is 0 Å². The summed E-state index contributed by atoms with van der Waals surface area (Å²) in [7, 11) is 0. The summed E-state index contributed by atoms with van der Waals surface area (Å²) < 4.78 is 0. The zero-order valence-corrected chi connectivity index (χ0v) is 14.9. The van der Waals surface area contributed by atoms with Crippen LogP contribution in [0.4, 0.5) is 0 Å². The third-order valence-electron chi connectivity index (χ3n) is 4.56. The third-order valence-corrected chi connectivity index (χ3v) is 4.56. The van der Waals surface area contributed by atoms with Crippen molar-refractivity contribution in [3.63, 3.8) is 0 Å². The molecule has 0 aliphatic carbocycles. The molecule has 0 saturated heterocycles. The van der Waals surface area contributed by atoms with E-state index < -0.39 is 6.23 Å². The molecule has 126 valence electrons. The zero-order chi connectivity index (χ0) is 16.3. The van der Waals surface area contributed by atoms with Crippen LogP contribution >= 0.6 is 0 Å². The molecule has 0 radical (unpaired) electrons. The van der Waals surface area contributed by atoms with Crippen molar-refractivity contribution in [2.75, 3.05) is 0 Å². The summed E-state index contributed by atoms with van der Waals surface area (Å²) in [5.41, 5.74) is 6.95. The molecule has 0 amide bonds. The maximum atomic E-state index is 9.87. The van der Waals surface area contributed by atoms with E-state index in [0.29, 0.717) is 5.92 Å². The van der Waals surface area contributed by atoms with Crippen LogP contribution in [0.15, 0.2) is 12.2 Å². The Balaban J connectivity index is 4.15. The van der Waals surface area contributed by atoms with Crippen LogP contribution in [0.25, 0.3) is 0 Å². The summed E-state index contributed by atoms with van der Waals surface area (Å²) in [6.07, 6.45) is 10.2. The Morgan fingerprint density at radius 1 is 0.952 bits per heavy atom. The summed E-state index contributed by atoms with van der Waals surface area (Å²) >= 11 is 0. The number of hydrogen-bond donors (Lipinski definition) is 2. The van der Waals surface area contributed by atoms with Crippen molar-refractivity contribution in [3.8, 4) is 0 Å². The van der Waals surface area contributed by atoms with E-state index >= 15 is 0 Å². The van der Waals surface area contributed by atoms with Gasteiger partial charge in [-0.2, -0.15) is 0 Å². The highest BCUT2D eigenvalue weighted by Gasteiger charge is 2.22. The van der Waals surface area contributed by atoms with Gasteiger partial charge in [0, 0.05) is 5.92 Å².